The van der Waals surface area contributed by atoms with Crippen LogP contribution in [0.5, 0.6) is 0 Å². The number of hydrogen-bond donors (Lipinski definition) is 1. The summed E-state index contributed by atoms with van der Waals surface area (Å²) in [5.74, 6) is 1.96. The van der Waals surface area contributed by atoms with Crippen molar-refractivity contribution in [2.75, 3.05) is 26.2 Å². The monoisotopic (exact) mass is 286 g/mol. The van der Waals surface area contributed by atoms with Crippen molar-refractivity contribution in [2.45, 2.75) is 63.8 Å². The first-order valence-electron chi connectivity index (χ1n) is 8.36. The first-order valence-corrected chi connectivity index (χ1v) is 8.36. The molecule has 1 N–H and O–H groups in total. The van der Waals surface area contributed by atoms with Crippen molar-refractivity contribution >= 4 is 12.4 Å². The van der Waals surface area contributed by atoms with Crippen LogP contribution in [0.3, 0.4) is 0 Å². The second-order valence-corrected chi connectivity index (χ2v) is 6.90. The molecule has 0 spiro atoms. The number of nitrogens with one attached hydrogen (secondary N) is 1. The summed E-state index contributed by atoms with van der Waals surface area (Å²) in [7, 11) is 0. The van der Waals surface area contributed by atoms with Gasteiger partial charge in [0.1, 0.15) is 0 Å². The van der Waals surface area contributed by atoms with E-state index in [1.54, 1.807) is 0 Å². The van der Waals surface area contributed by atoms with E-state index in [-0.39, 0.29) is 12.4 Å². The van der Waals surface area contributed by atoms with Crippen molar-refractivity contribution in [3.05, 3.63) is 0 Å². The molecule has 0 amide bonds. The summed E-state index contributed by atoms with van der Waals surface area (Å²) in [6.07, 6.45) is 13.3. The standard InChI is InChI=1S/C16H30N2.ClH/c1-2-5-14(6-3-1)12-18(16-8-9-16)13-15-7-4-10-17-11-15;/h14-17H,1-13H2;1H. The predicted octanol–water partition coefficient (Wildman–Crippen LogP) is 3.45. The fourth-order valence-electron chi connectivity index (χ4n) is 3.93. The summed E-state index contributed by atoms with van der Waals surface area (Å²) >= 11 is 0. The molecule has 0 aromatic carbocycles. The number of halogens is 1. The van der Waals surface area contributed by atoms with Crippen molar-refractivity contribution < 1.29 is 0 Å². The van der Waals surface area contributed by atoms with Crippen molar-refractivity contribution in [3.63, 3.8) is 0 Å². The van der Waals surface area contributed by atoms with Gasteiger partial charge in [0.15, 0.2) is 0 Å². The van der Waals surface area contributed by atoms with Gasteiger partial charge in [-0.1, -0.05) is 19.3 Å². The minimum atomic E-state index is 0. The van der Waals surface area contributed by atoms with Gasteiger partial charge < -0.3 is 5.32 Å². The number of piperidine rings is 1. The molecule has 2 nitrogen and oxygen atoms in total. The van der Waals surface area contributed by atoms with Gasteiger partial charge in [-0.25, -0.2) is 0 Å². The zero-order valence-corrected chi connectivity index (χ0v) is 13.1. The quantitative estimate of drug-likeness (QED) is 0.833. The number of hydrogen-bond acceptors (Lipinski definition) is 2. The molecule has 2 saturated carbocycles. The summed E-state index contributed by atoms with van der Waals surface area (Å²) in [4.78, 5) is 2.87. The lowest BCUT2D eigenvalue weighted by molar-refractivity contribution is 0.157. The molecule has 3 fully saturated rings. The van der Waals surface area contributed by atoms with E-state index in [9.17, 15) is 0 Å². The van der Waals surface area contributed by atoms with Gasteiger partial charge in [-0.15, -0.1) is 12.4 Å². The van der Waals surface area contributed by atoms with Crippen LogP contribution >= 0.6 is 12.4 Å². The fourth-order valence-corrected chi connectivity index (χ4v) is 3.93. The largest absolute Gasteiger partial charge is 0.316 e. The summed E-state index contributed by atoms with van der Waals surface area (Å²) in [6, 6.07) is 0.967. The van der Waals surface area contributed by atoms with Gasteiger partial charge in [0, 0.05) is 19.1 Å². The fraction of sp³-hybridized carbons (Fsp3) is 1.00. The third kappa shape index (κ3) is 4.91. The molecule has 0 radical (unpaired) electrons. The maximum absolute atomic E-state index is 3.58. The molecule has 3 aliphatic rings. The molecule has 0 aromatic heterocycles. The Labute approximate surface area is 125 Å². The minimum Gasteiger partial charge on any atom is -0.316 e. The van der Waals surface area contributed by atoms with Gasteiger partial charge in [0.05, 0.1) is 0 Å². The third-order valence-corrected chi connectivity index (χ3v) is 5.17. The average Bonchev–Trinajstić information content (AvgIpc) is 3.25. The molecule has 0 bridgehead atoms. The minimum absolute atomic E-state index is 0. The molecule has 2 aliphatic carbocycles. The first-order chi connectivity index (χ1) is 8.92. The molecule has 3 rings (SSSR count). The average molecular weight is 287 g/mol. The Morgan fingerprint density at radius 1 is 0.789 bits per heavy atom. The Bertz CT molecular complexity index is 223. The van der Waals surface area contributed by atoms with Crippen molar-refractivity contribution in [1.29, 1.82) is 0 Å². The van der Waals surface area contributed by atoms with E-state index in [2.05, 4.69) is 10.2 Å². The predicted molar refractivity (Wildman–Crippen MR) is 84.0 cm³/mol. The van der Waals surface area contributed by atoms with Crippen LogP contribution in [0, 0.1) is 11.8 Å². The van der Waals surface area contributed by atoms with Crippen LogP contribution in [-0.2, 0) is 0 Å². The molecule has 1 atom stereocenters. The molecule has 112 valence electrons. The maximum atomic E-state index is 3.58. The van der Waals surface area contributed by atoms with E-state index < -0.39 is 0 Å². The highest BCUT2D eigenvalue weighted by atomic mass is 35.5. The molecule has 1 unspecified atom stereocenters. The smallest absolute Gasteiger partial charge is 0.00966 e. The topological polar surface area (TPSA) is 15.3 Å². The Balaban J connectivity index is 0.00000133. The molecule has 19 heavy (non-hydrogen) atoms. The number of nitrogens with zero attached hydrogens (tertiary/aromatic N) is 1. The second-order valence-electron chi connectivity index (χ2n) is 6.90. The van der Waals surface area contributed by atoms with E-state index in [1.165, 1.54) is 84.0 Å². The van der Waals surface area contributed by atoms with Crippen LogP contribution in [0.4, 0.5) is 0 Å². The van der Waals surface area contributed by atoms with E-state index in [0.29, 0.717) is 0 Å². The van der Waals surface area contributed by atoms with Crippen LogP contribution < -0.4 is 5.32 Å². The SMILES string of the molecule is C1CCC(CN(CC2CCCNC2)C2CC2)CC1.Cl. The van der Waals surface area contributed by atoms with Gasteiger partial charge in [0.25, 0.3) is 0 Å². The van der Waals surface area contributed by atoms with Crippen LogP contribution in [0.1, 0.15) is 57.8 Å². The molecular formula is C16H31ClN2. The Morgan fingerprint density at radius 2 is 1.47 bits per heavy atom. The Hall–Kier alpha value is 0.210. The highest BCUT2D eigenvalue weighted by molar-refractivity contribution is 5.85. The molecule has 3 heteroatoms. The lowest BCUT2D eigenvalue weighted by atomic mass is 9.88. The van der Waals surface area contributed by atoms with Crippen molar-refractivity contribution in [3.8, 4) is 0 Å². The van der Waals surface area contributed by atoms with Crippen molar-refractivity contribution in [2.24, 2.45) is 11.8 Å². The Morgan fingerprint density at radius 3 is 2.11 bits per heavy atom. The van der Waals surface area contributed by atoms with Gasteiger partial charge in [-0.05, 0) is 63.5 Å². The molecular weight excluding hydrogens is 256 g/mol. The first kappa shape index (κ1) is 15.6. The highest BCUT2D eigenvalue weighted by Gasteiger charge is 2.32. The van der Waals surface area contributed by atoms with Crippen LogP contribution in [0.2, 0.25) is 0 Å². The summed E-state index contributed by atoms with van der Waals surface area (Å²) in [5.41, 5.74) is 0. The third-order valence-electron chi connectivity index (χ3n) is 5.17. The summed E-state index contributed by atoms with van der Waals surface area (Å²) in [6.45, 7) is 5.33. The van der Waals surface area contributed by atoms with E-state index in [1.807, 2.05) is 0 Å². The van der Waals surface area contributed by atoms with E-state index >= 15 is 0 Å². The van der Waals surface area contributed by atoms with Crippen LogP contribution in [-0.4, -0.2) is 37.1 Å². The highest BCUT2D eigenvalue weighted by Crippen LogP contribution is 2.32. The summed E-state index contributed by atoms with van der Waals surface area (Å²) < 4.78 is 0. The van der Waals surface area contributed by atoms with Crippen LogP contribution in [0.25, 0.3) is 0 Å². The zero-order valence-electron chi connectivity index (χ0n) is 12.3. The van der Waals surface area contributed by atoms with Gasteiger partial charge >= 0.3 is 0 Å². The normalized spacial score (nSPS) is 29.2. The molecule has 1 saturated heterocycles. The van der Waals surface area contributed by atoms with E-state index in [4.69, 9.17) is 0 Å². The lowest BCUT2D eigenvalue weighted by Gasteiger charge is -2.34. The van der Waals surface area contributed by atoms with Crippen LogP contribution in [0.15, 0.2) is 0 Å². The van der Waals surface area contributed by atoms with E-state index in [0.717, 1.165) is 17.9 Å². The molecule has 1 heterocycles. The second kappa shape index (κ2) is 7.85. The van der Waals surface area contributed by atoms with Gasteiger partial charge in [0.2, 0.25) is 0 Å². The van der Waals surface area contributed by atoms with Gasteiger partial charge in [-0.2, -0.15) is 0 Å². The van der Waals surface area contributed by atoms with Crippen molar-refractivity contribution in [1.82, 2.24) is 10.2 Å². The molecule has 0 aromatic rings. The number of rotatable bonds is 5. The lowest BCUT2D eigenvalue weighted by Crippen LogP contribution is -2.41. The van der Waals surface area contributed by atoms with Gasteiger partial charge in [-0.3, -0.25) is 4.90 Å². The summed E-state index contributed by atoms with van der Waals surface area (Å²) in [5, 5.41) is 3.58. The molecule has 1 aliphatic heterocycles. The maximum Gasteiger partial charge on any atom is 0.00966 e. The zero-order chi connectivity index (χ0) is 12.2. The Kier molecular flexibility index (Phi) is 6.44.